The van der Waals surface area contributed by atoms with Gasteiger partial charge in [-0.25, -0.2) is 0 Å². The third kappa shape index (κ3) is 3.43. The number of anilines is 1. The monoisotopic (exact) mass is 263 g/mol. The van der Waals surface area contributed by atoms with Crippen LogP contribution in [0.3, 0.4) is 0 Å². The molecule has 0 amide bonds. The van der Waals surface area contributed by atoms with E-state index in [4.69, 9.17) is 4.74 Å². The maximum Gasteiger partial charge on any atom is 0.311 e. The Bertz CT molecular complexity index is 500. The van der Waals surface area contributed by atoms with Crippen LogP contribution < -0.4 is 10.1 Å². The molecule has 0 atom stereocenters. The molecule has 0 bridgehead atoms. The summed E-state index contributed by atoms with van der Waals surface area (Å²) in [5.74, 6) is 0.635. The Labute approximate surface area is 111 Å². The van der Waals surface area contributed by atoms with Crippen LogP contribution >= 0.6 is 0 Å². The first-order valence-electron chi connectivity index (χ1n) is 6.32. The summed E-state index contributed by atoms with van der Waals surface area (Å²) >= 11 is 0. The van der Waals surface area contributed by atoms with Crippen molar-refractivity contribution in [1.29, 1.82) is 0 Å². The van der Waals surface area contributed by atoms with Crippen LogP contribution in [0.15, 0.2) is 23.8 Å². The molecule has 0 unspecified atom stereocenters. The van der Waals surface area contributed by atoms with Gasteiger partial charge in [0.2, 0.25) is 11.7 Å². The van der Waals surface area contributed by atoms with E-state index in [0.29, 0.717) is 12.4 Å². The fourth-order valence-electron chi connectivity index (χ4n) is 2.13. The maximum absolute atomic E-state index is 10.9. The highest BCUT2D eigenvalue weighted by Crippen LogP contribution is 2.26. The summed E-state index contributed by atoms with van der Waals surface area (Å²) in [4.78, 5) is 14.6. The van der Waals surface area contributed by atoms with Crippen molar-refractivity contribution in [2.75, 3.05) is 19.0 Å². The van der Waals surface area contributed by atoms with Gasteiger partial charge in [0.1, 0.15) is 0 Å². The van der Waals surface area contributed by atoms with E-state index in [0.717, 1.165) is 19.3 Å². The van der Waals surface area contributed by atoms with Gasteiger partial charge in [0, 0.05) is 18.7 Å². The molecule has 0 aliphatic heterocycles. The quantitative estimate of drug-likeness (QED) is 0.485. The van der Waals surface area contributed by atoms with Crippen molar-refractivity contribution in [3.8, 4) is 5.88 Å². The Morgan fingerprint density at radius 2 is 2.37 bits per heavy atom. The van der Waals surface area contributed by atoms with E-state index < -0.39 is 4.92 Å². The van der Waals surface area contributed by atoms with Gasteiger partial charge in [-0.3, -0.25) is 10.1 Å². The van der Waals surface area contributed by atoms with Crippen molar-refractivity contribution in [1.82, 2.24) is 4.98 Å². The molecule has 0 aromatic carbocycles. The zero-order valence-electron chi connectivity index (χ0n) is 10.9. The number of hydrogen-bond acceptors (Lipinski definition) is 5. The molecule has 2 rings (SSSR count). The lowest BCUT2D eigenvalue weighted by Crippen LogP contribution is -2.07. The second-order valence-corrected chi connectivity index (χ2v) is 4.41. The number of nitro groups is 1. The first-order valence-corrected chi connectivity index (χ1v) is 6.32. The van der Waals surface area contributed by atoms with E-state index >= 15 is 0 Å². The van der Waals surface area contributed by atoms with Crippen LogP contribution in [0.25, 0.3) is 0 Å². The SMILES string of the molecule is COc1ccc([N+](=O)[O-])c(NCCC2=CCCC2)n1. The van der Waals surface area contributed by atoms with Crippen LogP contribution in [0.4, 0.5) is 11.5 Å². The average molecular weight is 263 g/mol. The van der Waals surface area contributed by atoms with E-state index in [-0.39, 0.29) is 11.5 Å². The molecule has 6 nitrogen and oxygen atoms in total. The van der Waals surface area contributed by atoms with Gasteiger partial charge < -0.3 is 10.1 Å². The highest BCUT2D eigenvalue weighted by Gasteiger charge is 2.16. The molecule has 1 N–H and O–H groups in total. The lowest BCUT2D eigenvalue weighted by Gasteiger charge is -2.08. The summed E-state index contributed by atoms with van der Waals surface area (Å²) in [6, 6.07) is 2.89. The van der Waals surface area contributed by atoms with Crippen molar-refractivity contribution in [3.05, 3.63) is 33.9 Å². The molecule has 0 spiro atoms. The zero-order valence-corrected chi connectivity index (χ0v) is 10.9. The molecular formula is C13H17N3O3. The number of ether oxygens (including phenoxy) is 1. The Morgan fingerprint density at radius 3 is 3.00 bits per heavy atom. The Kier molecular flexibility index (Phi) is 4.33. The topological polar surface area (TPSA) is 77.3 Å². The van der Waals surface area contributed by atoms with Crippen LogP contribution in [0, 0.1) is 10.1 Å². The molecule has 0 fully saturated rings. The molecule has 1 aromatic rings. The molecule has 1 aliphatic rings. The normalized spacial score (nSPS) is 14.1. The number of nitrogens with one attached hydrogen (secondary N) is 1. The van der Waals surface area contributed by atoms with Gasteiger partial charge in [0.25, 0.3) is 0 Å². The number of allylic oxidation sites excluding steroid dienone is 1. The van der Waals surface area contributed by atoms with E-state index in [1.54, 1.807) is 0 Å². The first kappa shape index (κ1) is 13.3. The van der Waals surface area contributed by atoms with Crippen molar-refractivity contribution in [2.24, 2.45) is 0 Å². The van der Waals surface area contributed by atoms with Gasteiger partial charge in [0.05, 0.1) is 12.0 Å². The molecule has 1 aromatic heterocycles. The minimum atomic E-state index is -0.441. The first-order chi connectivity index (χ1) is 9.20. The molecule has 6 heteroatoms. The van der Waals surface area contributed by atoms with Crippen molar-refractivity contribution < 1.29 is 9.66 Å². The highest BCUT2D eigenvalue weighted by molar-refractivity contribution is 5.57. The van der Waals surface area contributed by atoms with Gasteiger partial charge >= 0.3 is 5.69 Å². The smallest absolute Gasteiger partial charge is 0.311 e. The van der Waals surface area contributed by atoms with E-state index in [1.807, 2.05) is 0 Å². The Hall–Kier alpha value is -2.11. The van der Waals surface area contributed by atoms with Crippen molar-refractivity contribution >= 4 is 11.5 Å². The van der Waals surface area contributed by atoms with E-state index in [2.05, 4.69) is 16.4 Å². The van der Waals surface area contributed by atoms with Crippen LogP contribution in [0.1, 0.15) is 25.7 Å². The third-order valence-electron chi connectivity index (χ3n) is 3.13. The minimum Gasteiger partial charge on any atom is -0.481 e. The lowest BCUT2D eigenvalue weighted by molar-refractivity contribution is -0.384. The fourth-order valence-corrected chi connectivity index (χ4v) is 2.13. The largest absolute Gasteiger partial charge is 0.481 e. The second-order valence-electron chi connectivity index (χ2n) is 4.41. The predicted octanol–water partition coefficient (Wildman–Crippen LogP) is 2.91. The highest BCUT2D eigenvalue weighted by atomic mass is 16.6. The van der Waals surface area contributed by atoms with Crippen LogP contribution in [-0.2, 0) is 0 Å². The molecule has 1 aliphatic carbocycles. The summed E-state index contributed by atoms with van der Waals surface area (Å²) < 4.78 is 4.98. The molecular weight excluding hydrogens is 246 g/mol. The van der Waals surface area contributed by atoms with Gasteiger partial charge in [-0.15, -0.1) is 0 Å². The zero-order chi connectivity index (χ0) is 13.7. The van der Waals surface area contributed by atoms with Gasteiger partial charge in [-0.2, -0.15) is 4.98 Å². The summed E-state index contributed by atoms with van der Waals surface area (Å²) in [5.41, 5.74) is 1.39. The van der Waals surface area contributed by atoms with Gasteiger partial charge in [0.15, 0.2) is 0 Å². The number of nitrogens with zero attached hydrogens (tertiary/aromatic N) is 2. The molecule has 1 heterocycles. The number of rotatable bonds is 6. The van der Waals surface area contributed by atoms with Crippen LogP contribution in [0.2, 0.25) is 0 Å². The minimum absolute atomic E-state index is 0.0267. The number of methoxy groups -OCH3 is 1. The molecule has 0 saturated heterocycles. The molecule has 102 valence electrons. The summed E-state index contributed by atoms with van der Waals surface area (Å²) in [6.45, 7) is 0.646. The molecule has 0 saturated carbocycles. The van der Waals surface area contributed by atoms with Crippen LogP contribution in [-0.4, -0.2) is 23.6 Å². The maximum atomic E-state index is 10.9. The Balaban J connectivity index is 2.02. The number of hydrogen-bond donors (Lipinski definition) is 1. The van der Waals surface area contributed by atoms with Crippen molar-refractivity contribution in [2.45, 2.75) is 25.7 Å². The predicted molar refractivity (Wildman–Crippen MR) is 72.5 cm³/mol. The summed E-state index contributed by atoms with van der Waals surface area (Å²) in [6.07, 6.45) is 6.64. The van der Waals surface area contributed by atoms with Crippen LogP contribution in [0.5, 0.6) is 5.88 Å². The van der Waals surface area contributed by atoms with E-state index in [1.165, 1.54) is 31.2 Å². The number of aromatic nitrogens is 1. The average Bonchev–Trinajstić information content (AvgIpc) is 2.91. The standard InChI is InChI=1S/C13H17N3O3/c1-19-12-7-6-11(16(17)18)13(15-12)14-9-8-10-4-2-3-5-10/h4,6-7H,2-3,5,8-9H2,1H3,(H,14,15). The number of pyridine rings is 1. The third-order valence-corrected chi connectivity index (χ3v) is 3.13. The van der Waals surface area contributed by atoms with Gasteiger partial charge in [-0.05, 0) is 25.7 Å². The summed E-state index contributed by atoms with van der Waals surface area (Å²) in [7, 11) is 1.49. The van der Waals surface area contributed by atoms with Gasteiger partial charge in [-0.1, -0.05) is 11.6 Å². The lowest BCUT2D eigenvalue weighted by atomic mass is 10.2. The van der Waals surface area contributed by atoms with E-state index in [9.17, 15) is 10.1 Å². The van der Waals surface area contributed by atoms with Crippen molar-refractivity contribution in [3.63, 3.8) is 0 Å². The molecule has 19 heavy (non-hydrogen) atoms. The second kappa shape index (κ2) is 6.17. The fraction of sp³-hybridized carbons (Fsp3) is 0.462. The Morgan fingerprint density at radius 1 is 1.53 bits per heavy atom. The molecule has 0 radical (unpaired) electrons. The summed E-state index contributed by atoms with van der Waals surface area (Å²) in [5, 5.41) is 13.9.